The van der Waals surface area contributed by atoms with Gasteiger partial charge in [0.05, 0.1) is 5.69 Å². The molecule has 6 nitrogen and oxygen atoms in total. The third-order valence-corrected chi connectivity index (χ3v) is 4.04. The number of hydrogen-bond acceptors (Lipinski definition) is 3. The summed E-state index contributed by atoms with van der Waals surface area (Å²) in [6.45, 7) is 1.69. The molecule has 2 N–H and O–H groups in total. The quantitative estimate of drug-likeness (QED) is 0.632. The first-order valence-corrected chi connectivity index (χ1v) is 7.34. The van der Waals surface area contributed by atoms with Crippen molar-refractivity contribution in [2.24, 2.45) is 18.0 Å². The maximum Gasteiger partial charge on any atom is 0.191 e. The predicted molar refractivity (Wildman–Crippen MR) is 77.5 cm³/mol. The maximum atomic E-state index is 5.89. The van der Waals surface area contributed by atoms with Gasteiger partial charge >= 0.3 is 0 Å². The van der Waals surface area contributed by atoms with Gasteiger partial charge in [-0.2, -0.15) is 5.10 Å². The monoisotopic (exact) mass is 277 g/mol. The number of hydrogen-bond donors (Lipinski definition) is 2. The Balaban J connectivity index is 1.57. The standard InChI is InChI=1S/C14H23N5O/c1-15-14(18-11-3-4-11)16-9-10-6-8-20-13(10)12-5-7-17-19(12)2/h5,7,10-11,13H,3-4,6,8-9H2,1-2H3,(H2,15,16,18)/t10-,13+/m0/s1. The molecule has 0 bridgehead atoms. The summed E-state index contributed by atoms with van der Waals surface area (Å²) in [5.74, 6) is 1.37. The number of nitrogens with one attached hydrogen (secondary N) is 2. The van der Waals surface area contributed by atoms with Crippen LogP contribution in [-0.2, 0) is 11.8 Å². The van der Waals surface area contributed by atoms with Gasteiger partial charge in [-0.05, 0) is 25.3 Å². The van der Waals surface area contributed by atoms with Gasteiger partial charge in [0.1, 0.15) is 6.10 Å². The fourth-order valence-electron chi connectivity index (χ4n) is 2.68. The van der Waals surface area contributed by atoms with Crippen LogP contribution in [0.5, 0.6) is 0 Å². The van der Waals surface area contributed by atoms with Crippen LogP contribution in [0.1, 0.15) is 31.1 Å². The van der Waals surface area contributed by atoms with E-state index in [0.717, 1.165) is 31.2 Å². The Morgan fingerprint density at radius 1 is 1.50 bits per heavy atom. The maximum absolute atomic E-state index is 5.89. The van der Waals surface area contributed by atoms with Crippen molar-refractivity contribution >= 4 is 5.96 Å². The van der Waals surface area contributed by atoms with Crippen LogP contribution in [0.3, 0.4) is 0 Å². The van der Waals surface area contributed by atoms with Gasteiger partial charge in [-0.3, -0.25) is 9.67 Å². The van der Waals surface area contributed by atoms with Crippen molar-refractivity contribution in [2.75, 3.05) is 20.2 Å². The fraction of sp³-hybridized carbons (Fsp3) is 0.714. The highest BCUT2D eigenvalue weighted by atomic mass is 16.5. The lowest BCUT2D eigenvalue weighted by molar-refractivity contribution is 0.0848. The molecule has 0 radical (unpaired) electrons. The zero-order chi connectivity index (χ0) is 13.9. The van der Waals surface area contributed by atoms with E-state index in [1.165, 1.54) is 12.8 Å². The van der Waals surface area contributed by atoms with Gasteiger partial charge in [0, 0.05) is 45.4 Å². The first-order valence-electron chi connectivity index (χ1n) is 7.34. The molecule has 0 spiro atoms. The van der Waals surface area contributed by atoms with Crippen LogP contribution in [0.15, 0.2) is 17.3 Å². The number of ether oxygens (including phenoxy) is 1. The molecule has 1 saturated carbocycles. The van der Waals surface area contributed by atoms with Crippen LogP contribution in [0.2, 0.25) is 0 Å². The molecule has 3 rings (SSSR count). The number of aryl methyl sites for hydroxylation is 1. The lowest BCUT2D eigenvalue weighted by atomic mass is 9.99. The molecule has 0 amide bonds. The van der Waals surface area contributed by atoms with Crippen molar-refractivity contribution in [1.29, 1.82) is 0 Å². The van der Waals surface area contributed by atoms with Gasteiger partial charge in [0.15, 0.2) is 5.96 Å². The third-order valence-electron chi connectivity index (χ3n) is 4.04. The molecule has 2 heterocycles. The topological polar surface area (TPSA) is 63.5 Å². The van der Waals surface area contributed by atoms with E-state index in [1.807, 2.05) is 31.0 Å². The predicted octanol–water partition coefficient (Wildman–Crippen LogP) is 0.825. The second kappa shape index (κ2) is 5.83. The Labute approximate surface area is 119 Å². The second-order valence-electron chi connectivity index (χ2n) is 5.59. The van der Waals surface area contributed by atoms with Gasteiger partial charge in [-0.1, -0.05) is 0 Å². The summed E-state index contributed by atoms with van der Waals surface area (Å²) in [5.41, 5.74) is 1.15. The lowest BCUT2D eigenvalue weighted by Gasteiger charge is -2.20. The van der Waals surface area contributed by atoms with E-state index in [9.17, 15) is 0 Å². The first-order chi connectivity index (χ1) is 9.78. The molecule has 110 valence electrons. The van der Waals surface area contributed by atoms with E-state index >= 15 is 0 Å². The van der Waals surface area contributed by atoms with E-state index < -0.39 is 0 Å². The number of nitrogens with zero attached hydrogens (tertiary/aromatic N) is 3. The van der Waals surface area contributed by atoms with Gasteiger partial charge in [-0.25, -0.2) is 0 Å². The highest BCUT2D eigenvalue weighted by Crippen LogP contribution is 2.33. The molecule has 2 atom stereocenters. The average molecular weight is 277 g/mol. The summed E-state index contributed by atoms with van der Waals surface area (Å²) in [7, 11) is 3.79. The largest absolute Gasteiger partial charge is 0.372 e. The minimum absolute atomic E-state index is 0.133. The van der Waals surface area contributed by atoms with Gasteiger partial charge in [0.25, 0.3) is 0 Å². The SMILES string of the molecule is CN=C(NC[C@@H]1CCO[C@H]1c1ccnn1C)NC1CC1. The fourth-order valence-corrected chi connectivity index (χ4v) is 2.68. The second-order valence-corrected chi connectivity index (χ2v) is 5.59. The molecule has 1 aromatic heterocycles. The Morgan fingerprint density at radius 2 is 2.35 bits per heavy atom. The Kier molecular flexibility index (Phi) is 3.91. The van der Waals surface area contributed by atoms with Crippen molar-refractivity contribution < 1.29 is 4.74 Å². The van der Waals surface area contributed by atoms with Crippen molar-refractivity contribution in [1.82, 2.24) is 20.4 Å². The van der Waals surface area contributed by atoms with E-state index in [1.54, 1.807) is 0 Å². The number of rotatable bonds is 4. The van der Waals surface area contributed by atoms with Crippen LogP contribution >= 0.6 is 0 Å². The molecule has 1 saturated heterocycles. The molecule has 1 aliphatic carbocycles. The number of aromatic nitrogens is 2. The highest BCUT2D eigenvalue weighted by molar-refractivity contribution is 5.80. The molecule has 1 aliphatic heterocycles. The molecular weight excluding hydrogens is 254 g/mol. The molecule has 2 fully saturated rings. The van der Waals surface area contributed by atoms with Crippen LogP contribution in [-0.4, -0.2) is 42.0 Å². The Morgan fingerprint density at radius 3 is 3.00 bits per heavy atom. The van der Waals surface area contributed by atoms with Crippen LogP contribution in [0.25, 0.3) is 0 Å². The van der Waals surface area contributed by atoms with Crippen molar-refractivity contribution in [3.63, 3.8) is 0 Å². The summed E-state index contributed by atoms with van der Waals surface area (Å²) < 4.78 is 7.79. The van der Waals surface area contributed by atoms with Crippen molar-refractivity contribution in [3.8, 4) is 0 Å². The minimum Gasteiger partial charge on any atom is -0.372 e. The van der Waals surface area contributed by atoms with E-state index in [4.69, 9.17) is 4.74 Å². The smallest absolute Gasteiger partial charge is 0.191 e. The van der Waals surface area contributed by atoms with Gasteiger partial charge in [-0.15, -0.1) is 0 Å². The van der Waals surface area contributed by atoms with Gasteiger partial charge < -0.3 is 15.4 Å². The molecule has 2 aliphatic rings. The molecule has 1 aromatic rings. The molecule has 6 heteroatoms. The number of aliphatic imine (C=N–C) groups is 1. The lowest BCUT2D eigenvalue weighted by Crippen LogP contribution is -2.41. The molecule has 0 aromatic carbocycles. The Hall–Kier alpha value is -1.56. The highest BCUT2D eigenvalue weighted by Gasteiger charge is 2.32. The van der Waals surface area contributed by atoms with E-state index in [0.29, 0.717) is 12.0 Å². The van der Waals surface area contributed by atoms with Crippen molar-refractivity contribution in [2.45, 2.75) is 31.4 Å². The minimum atomic E-state index is 0.133. The first kappa shape index (κ1) is 13.4. The summed E-state index contributed by atoms with van der Waals surface area (Å²) >= 11 is 0. The number of guanidine groups is 1. The summed E-state index contributed by atoms with van der Waals surface area (Å²) in [6.07, 6.45) is 5.54. The van der Waals surface area contributed by atoms with Crippen LogP contribution in [0.4, 0.5) is 0 Å². The van der Waals surface area contributed by atoms with Crippen LogP contribution in [0, 0.1) is 5.92 Å². The van der Waals surface area contributed by atoms with E-state index in [-0.39, 0.29) is 6.10 Å². The zero-order valence-corrected chi connectivity index (χ0v) is 12.2. The molecule has 0 unspecified atom stereocenters. The molecule has 20 heavy (non-hydrogen) atoms. The average Bonchev–Trinajstić information content (AvgIpc) is 2.97. The summed E-state index contributed by atoms with van der Waals surface area (Å²) in [5, 5.41) is 11.1. The van der Waals surface area contributed by atoms with Crippen molar-refractivity contribution in [3.05, 3.63) is 18.0 Å². The zero-order valence-electron chi connectivity index (χ0n) is 12.2. The Bertz CT molecular complexity index is 480. The van der Waals surface area contributed by atoms with Gasteiger partial charge in [0.2, 0.25) is 0 Å². The summed E-state index contributed by atoms with van der Waals surface area (Å²) in [4.78, 5) is 4.27. The molecular formula is C14H23N5O. The van der Waals surface area contributed by atoms with E-state index in [2.05, 4.69) is 20.7 Å². The third kappa shape index (κ3) is 2.95. The summed E-state index contributed by atoms with van der Waals surface area (Å²) in [6, 6.07) is 2.66. The van der Waals surface area contributed by atoms with Crippen LogP contribution < -0.4 is 10.6 Å². The normalized spacial score (nSPS) is 26.8.